The summed E-state index contributed by atoms with van der Waals surface area (Å²) in [5, 5.41) is 0. The number of esters is 1. The molecule has 0 bridgehead atoms. The highest BCUT2D eigenvalue weighted by Crippen LogP contribution is 2.30. The van der Waals surface area contributed by atoms with Gasteiger partial charge in [0, 0.05) is 37.0 Å². The number of hydrogen-bond acceptors (Lipinski definition) is 6. The number of likely N-dealkylation sites (N-methyl/N-ethyl adjacent to an activating group) is 1. The van der Waals surface area contributed by atoms with Crippen molar-refractivity contribution in [3.63, 3.8) is 0 Å². The van der Waals surface area contributed by atoms with Gasteiger partial charge in [0.15, 0.2) is 0 Å². The topological polar surface area (TPSA) is 105 Å². The van der Waals surface area contributed by atoms with Gasteiger partial charge >= 0.3 is 5.97 Å². The molecule has 3 rings (SSSR count). The van der Waals surface area contributed by atoms with Gasteiger partial charge in [-0.05, 0) is 24.1 Å². The van der Waals surface area contributed by atoms with Gasteiger partial charge in [0.2, 0.25) is 5.91 Å². The van der Waals surface area contributed by atoms with Crippen LogP contribution in [-0.4, -0.2) is 64.9 Å². The van der Waals surface area contributed by atoms with Crippen LogP contribution in [0, 0.1) is 0 Å². The molecule has 0 saturated heterocycles. The number of allylic oxidation sites excluding steroid dienone is 3. The lowest BCUT2D eigenvalue weighted by atomic mass is 10.1. The van der Waals surface area contributed by atoms with Crippen molar-refractivity contribution in [2.24, 2.45) is 10.7 Å². The highest BCUT2D eigenvalue weighted by molar-refractivity contribution is 7.85. The van der Waals surface area contributed by atoms with E-state index in [4.69, 9.17) is 10.5 Å². The first-order chi connectivity index (χ1) is 17.2. The number of amides is 1. The molecule has 192 valence electrons. The molecule has 0 radical (unpaired) electrons. The van der Waals surface area contributed by atoms with E-state index < -0.39 is 17.0 Å². The van der Waals surface area contributed by atoms with Crippen molar-refractivity contribution in [3.05, 3.63) is 69.6 Å². The molecule has 1 heterocycles. The number of hydrogen-bond donors (Lipinski definition) is 1. The number of thiophene rings is 1. The number of rotatable bonds is 10. The summed E-state index contributed by atoms with van der Waals surface area (Å²) in [6.45, 7) is 4.23. The molecule has 0 saturated carbocycles. The number of methoxy groups -OCH3 is 1. The predicted octanol–water partition coefficient (Wildman–Crippen LogP) is 3.15. The molecule has 1 unspecified atom stereocenters. The first kappa shape index (κ1) is 27.5. The minimum absolute atomic E-state index is 0.0922. The lowest BCUT2D eigenvalue weighted by Crippen LogP contribution is -2.43. The van der Waals surface area contributed by atoms with Gasteiger partial charge in [0.05, 0.1) is 13.7 Å². The van der Waals surface area contributed by atoms with Gasteiger partial charge in [-0.2, -0.15) is 0 Å². The molecule has 10 heteroatoms. The number of ether oxygens (including phenoxy) is 1. The highest BCUT2D eigenvalue weighted by Gasteiger charge is 2.25. The second-order valence-electron chi connectivity index (χ2n) is 8.27. The summed E-state index contributed by atoms with van der Waals surface area (Å²) in [7, 11) is 1.40. The van der Waals surface area contributed by atoms with Crippen LogP contribution in [0.3, 0.4) is 0 Å². The Kier molecular flexibility index (Phi) is 9.74. The summed E-state index contributed by atoms with van der Waals surface area (Å²) in [6, 6.07) is 9.24. The summed E-state index contributed by atoms with van der Waals surface area (Å²) in [5.41, 5.74) is 9.70. The summed E-state index contributed by atoms with van der Waals surface area (Å²) in [6.07, 6.45) is 7.03. The normalized spacial score (nSPS) is 14.1. The van der Waals surface area contributed by atoms with E-state index in [0.717, 1.165) is 28.0 Å². The molecule has 2 N–H and O–H groups in total. The Bertz CT molecular complexity index is 1220. The minimum atomic E-state index is -1.50. The Morgan fingerprint density at radius 1 is 1.19 bits per heavy atom. The molecule has 1 aliphatic rings. The maximum Gasteiger partial charge on any atom is 0.325 e. The van der Waals surface area contributed by atoms with Crippen LogP contribution in [0.5, 0.6) is 0 Å². The van der Waals surface area contributed by atoms with Gasteiger partial charge in [-0.3, -0.25) is 14.6 Å². The maximum absolute atomic E-state index is 13.4. The Balaban J connectivity index is 1.75. The Labute approximate surface area is 218 Å². The number of fused-ring (bicyclic) bond motifs is 1. The van der Waals surface area contributed by atoms with Crippen molar-refractivity contribution in [3.8, 4) is 0 Å². The van der Waals surface area contributed by atoms with E-state index in [9.17, 15) is 13.8 Å². The number of nitrogens with two attached hydrogens (primary N) is 1. The average molecular weight is 529 g/mol. The van der Waals surface area contributed by atoms with Crippen molar-refractivity contribution in [2.45, 2.75) is 31.0 Å². The van der Waals surface area contributed by atoms with Crippen LogP contribution in [0.25, 0.3) is 6.08 Å². The molecule has 2 aromatic rings. The summed E-state index contributed by atoms with van der Waals surface area (Å²) < 4.78 is 20.5. The van der Waals surface area contributed by atoms with Gasteiger partial charge in [-0.15, -0.1) is 11.3 Å². The van der Waals surface area contributed by atoms with Crippen molar-refractivity contribution < 1.29 is 18.5 Å². The molecule has 1 aliphatic carbocycles. The molecule has 1 amide bonds. The van der Waals surface area contributed by atoms with E-state index in [1.165, 1.54) is 28.9 Å². The standard InChI is InChI=1S/C26H32N4O4S2/c1-5-30(36(33)25-14-21-10-6-18(2)7-13-22(21)35-25)16-23(31)29(17-24(32)34-4)15-19-8-11-20(12-9-19)26(27)28-3/h6-12,14H,5,13,15-17H2,1-4H3,(H2,27,28). The summed E-state index contributed by atoms with van der Waals surface area (Å²) in [5.74, 6) is -0.424. The zero-order valence-corrected chi connectivity index (χ0v) is 22.7. The van der Waals surface area contributed by atoms with Gasteiger partial charge in [-0.1, -0.05) is 55.0 Å². The molecule has 8 nitrogen and oxygen atoms in total. The molecule has 1 atom stereocenters. The Morgan fingerprint density at radius 2 is 1.92 bits per heavy atom. The van der Waals surface area contributed by atoms with Crippen molar-refractivity contribution in [1.82, 2.24) is 9.21 Å². The largest absolute Gasteiger partial charge is 0.468 e. The number of carbonyl (C=O) groups is 2. The first-order valence-electron chi connectivity index (χ1n) is 11.6. The Hall–Kier alpha value is -3.08. The zero-order chi connectivity index (χ0) is 26.2. The molecule has 1 aromatic heterocycles. The molecular formula is C26H32N4O4S2. The van der Waals surface area contributed by atoms with Crippen molar-refractivity contribution >= 4 is 46.1 Å². The molecular weight excluding hydrogens is 496 g/mol. The fourth-order valence-electron chi connectivity index (χ4n) is 3.60. The second-order valence-corrected chi connectivity index (χ2v) is 11.1. The fraction of sp³-hybridized carbons (Fsp3) is 0.346. The monoisotopic (exact) mass is 528 g/mol. The van der Waals surface area contributed by atoms with E-state index in [2.05, 4.69) is 18.0 Å². The highest BCUT2D eigenvalue weighted by atomic mass is 32.2. The number of nitrogens with zero attached hydrogens (tertiary/aromatic N) is 3. The van der Waals surface area contributed by atoms with E-state index in [1.54, 1.807) is 11.4 Å². The van der Waals surface area contributed by atoms with Crippen LogP contribution < -0.4 is 5.73 Å². The predicted molar refractivity (Wildman–Crippen MR) is 145 cm³/mol. The van der Waals surface area contributed by atoms with Crippen LogP contribution in [0.2, 0.25) is 0 Å². The molecule has 0 fully saturated rings. The van der Waals surface area contributed by atoms with Crippen LogP contribution >= 0.6 is 11.3 Å². The van der Waals surface area contributed by atoms with Crippen LogP contribution in [0.15, 0.2) is 57.3 Å². The smallest absolute Gasteiger partial charge is 0.325 e. The first-order valence-corrected chi connectivity index (χ1v) is 13.5. The lowest BCUT2D eigenvalue weighted by molar-refractivity contribution is -0.147. The SMILES string of the molecule is CCN(CC(=O)N(CC(=O)OC)Cc1ccc(C(N)=NC)cc1)S(=O)c1cc2c(s1)CC=C(C)C=C2. The summed E-state index contributed by atoms with van der Waals surface area (Å²) >= 11 is 1.50. The zero-order valence-electron chi connectivity index (χ0n) is 21.0. The fourth-order valence-corrected chi connectivity index (χ4v) is 6.28. The molecule has 1 aromatic carbocycles. The van der Waals surface area contributed by atoms with Gasteiger partial charge in [-0.25, -0.2) is 8.51 Å². The van der Waals surface area contributed by atoms with E-state index in [-0.39, 0.29) is 25.5 Å². The van der Waals surface area contributed by atoms with Gasteiger partial charge in [0.1, 0.15) is 27.6 Å². The number of aliphatic imine (C=N–C) groups is 1. The third-order valence-electron chi connectivity index (χ3n) is 5.79. The van der Waals surface area contributed by atoms with Crippen LogP contribution in [0.4, 0.5) is 0 Å². The van der Waals surface area contributed by atoms with Gasteiger partial charge < -0.3 is 15.4 Å². The molecule has 0 spiro atoms. The average Bonchev–Trinajstić information content (AvgIpc) is 3.23. The van der Waals surface area contributed by atoms with E-state index in [1.807, 2.05) is 49.4 Å². The third-order valence-corrected chi connectivity index (χ3v) is 8.75. The molecule has 0 aliphatic heterocycles. The van der Waals surface area contributed by atoms with Crippen LogP contribution in [-0.2, 0) is 38.3 Å². The third kappa shape index (κ3) is 6.99. The lowest BCUT2D eigenvalue weighted by Gasteiger charge is -2.25. The van der Waals surface area contributed by atoms with Crippen molar-refractivity contribution in [1.29, 1.82) is 0 Å². The van der Waals surface area contributed by atoms with Crippen LogP contribution in [0.1, 0.15) is 35.4 Å². The second kappa shape index (κ2) is 12.8. The quantitative estimate of drug-likeness (QED) is 0.290. The minimum Gasteiger partial charge on any atom is -0.468 e. The van der Waals surface area contributed by atoms with Gasteiger partial charge in [0.25, 0.3) is 0 Å². The number of carbonyl (C=O) groups excluding carboxylic acids is 2. The molecule has 36 heavy (non-hydrogen) atoms. The Morgan fingerprint density at radius 3 is 2.56 bits per heavy atom. The number of amidine groups is 1. The number of benzene rings is 1. The van der Waals surface area contributed by atoms with E-state index in [0.29, 0.717) is 16.6 Å². The summed E-state index contributed by atoms with van der Waals surface area (Å²) in [4.78, 5) is 31.9. The van der Waals surface area contributed by atoms with Crippen molar-refractivity contribution in [2.75, 3.05) is 33.8 Å². The van der Waals surface area contributed by atoms with E-state index >= 15 is 0 Å². The maximum atomic E-state index is 13.4.